The number of benzene rings is 2. The van der Waals surface area contributed by atoms with E-state index in [9.17, 15) is 13.2 Å². The molecule has 0 aliphatic carbocycles. The molecular weight excluding hydrogens is 366 g/mol. The van der Waals surface area contributed by atoms with Gasteiger partial charge in [0.1, 0.15) is 5.82 Å². The molecule has 0 saturated heterocycles. The number of amides is 1. The van der Waals surface area contributed by atoms with Gasteiger partial charge in [-0.25, -0.2) is 8.42 Å². The van der Waals surface area contributed by atoms with Gasteiger partial charge in [0.15, 0.2) is 0 Å². The number of rotatable bonds is 5. The van der Waals surface area contributed by atoms with Gasteiger partial charge in [0.05, 0.1) is 4.90 Å². The van der Waals surface area contributed by atoms with Crippen LogP contribution < -0.4 is 10.0 Å². The van der Waals surface area contributed by atoms with E-state index in [-0.39, 0.29) is 22.1 Å². The molecule has 9 heteroatoms. The number of nitrogens with one attached hydrogen (secondary N) is 3. The van der Waals surface area contributed by atoms with Crippen LogP contribution in [-0.4, -0.2) is 29.5 Å². The zero-order valence-corrected chi connectivity index (χ0v) is 15.9. The largest absolute Gasteiger partial charge is 0.289 e. The third-order valence-corrected chi connectivity index (χ3v) is 5.36. The summed E-state index contributed by atoms with van der Waals surface area (Å²) in [5.41, 5.74) is 2.05. The summed E-state index contributed by atoms with van der Waals surface area (Å²) in [7, 11) is -3.78. The number of sulfonamides is 1. The number of aromatic amines is 1. The minimum atomic E-state index is -3.78. The van der Waals surface area contributed by atoms with Crippen molar-refractivity contribution in [2.24, 2.45) is 0 Å². The van der Waals surface area contributed by atoms with Crippen molar-refractivity contribution in [1.82, 2.24) is 15.2 Å². The number of anilines is 2. The monoisotopic (exact) mass is 385 g/mol. The van der Waals surface area contributed by atoms with E-state index in [1.165, 1.54) is 6.07 Å². The maximum atomic E-state index is 12.7. The quantitative estimate of drug-likeness (QED) is 0.624. The van der Waals surface area contributed by atoms with Crippen molar-refractivity contribution in [2.75, 3.05) is 10.0 Å². The SMILES string of the molecule is Cc1ccc(C)c(S(=O)(=O)Nc2cccc(C(=O)Nc3n[nH]c(C)n3)c2)c1. The Morgan fingerprint density at radius 2 is 1.85 bits per heavy atom. The van der Waals surface area contributed by atoms with Crippen LogP contribution in [-0.2, 0) is 10.0 Å². The normalized spacial score (nSPS) is 11.2. The first kappa shape index (κ1) is 18.6. The Balaban J connectivity index is 1.83. The fraction of sp³-hybridized carbons (Fsp3) is 0.167. The number of carbonyl (C=O) groups excluding carboxylic acids is 1. The molecular formula is C18H19N5O3S. The van der Waals surface area contributed by atoms with Gasteiger partial charge in [-0.05, 0) is 56.2 Å². The van der Waals surface area contributed by atoms with Gasteiger partial charge in [-0.2, -0.15) is 4.98 Å². The zero-order valence-electron chi connectivity index (χ0n) is 15.1. The predicted molar refractivity (Wildman–Crippen MR) is 102 cm³/mol. The number of carbonyl (C=O) groups is 1. The van der Waals surface area contributed by atoms with Crippen molar-refractivity contribution < 1.29 is 13.2 Å². The molecule has 0 saturated carbocycles. The van der Waals surface area contributed by atoms with Crippen LogP contribution in [0.15, 0.2) is 47.4 Å². The fourth-order valence-electron chi connectivity index (χ4n) is 2.50. The van der Waals surface area contributed by atoms with Gasteiger partial charge in [-0.15, -0.1) is 5.10 Å². The summed E-state index contributed by atoms with van der Waals surface area (Å²) in [6.45, 7) is 5.27. The molecule has 0 unspecified atom stereocenters. The van der Waals surface area contributed by atoms with Crippen LogP contribution in [0.2, 0.25) is 0 Å². The predicted octanol–water partition coefficient (Wildman–Crippen LogP) is 2.78. The van der Waals surface area contributed by atoms with Crippen LogP contribution >= 0.6 is 0 Å². The molecule has 0 radical (unpaired) electrons. The standard InChI is InChI=1S/C18H19N5O3S/c1-11-7-8-12(2)16(9-11)27(25,26)23-15-6-4-5-14(10-15)17(24)20-18-19-13(3)21-22-18/h4-10,23H,1-3H3,(H2,19,20,21,22,24). The van der Waals surface area contributed by atoms with Gasteiger partial charge in [0, 0.05) is 11.3 Å². The van der Waals surface area contributed by atoms with Gasteiger partial charge in [0.2, 0.25) is 5.95 Å². The number of H-pyrrole nitrogens is 1. The summed E-state index contributed by atoms with van der Waals surface area (Å²) in [5, 5.41) is 9.02. The molecule has 0 bridgehead atoms. The number of hydrogen-bond acceptors (Lipinski definition) is 5. The molecule has 1 amide bonds. The molecule has 0 spiro atoms. The van der Waals surface area contributed by atoms with E-state index < -0.39 is 15.9 Å². The number of nitrogens with zero attached hydrogens (tertiary/aromatic N) is 2. The van der Waals surface area contributed by atoms with Crippen LogP contribution in [0, 0.1) is 20.8 Å². The number of aromatic nitrogens is 3. The summed E-state index contributed by atoms with van der Waals surface area (Å²) in [6, 6.07) is 11.4. The molecule has 0 aliphatic rings. The molecule has 2 aromatic carbocycles. The van der Waals surface area contributed by atoms with Gasteiger partial charge in [0.25, 0.3) is 15.9 Å². The number of aryl methyl sites for hydroxylation is 3. The second kappa shape index (κ2) is 7.20. The summed E-state index contributed by atoms with van der Waals surface area (Å²) in [4.78, 5) is 16.5. The van der Waals surface area contributed by atoms with Gasteiger partial charge in [-0.3, -0.25) is 19.9 Å². The Labute approximate surface area is 157 Å². The van der Waals surface area contributed by atoms with Crippen molar-refractivity contribution in [1.29, 1.82) is 0 Å². The second-order valence-electron chi connectivity index (χ2n) is 6.15. The topological polar surface area (TPSA) is 117 Å². The molecule has 3 rings (SSSR count). The Morgan fingerprint density at radius 1 is 1.07 bits per heavy atom. The summed E-state index contributed by atoms with van der Waals surface area (Å²) >= 11 is 0. The lowest BCUT2D eigenvalue weighted by Gasteiger charge is -2.12. The smallest absolute Gasteiger partial charge is 0.262 e. The Bertz CT molecular complexity index is 1110. The van der Waals surface area contributed by atoms with Crippen LogP contribution in [0.5, 0.6) is 0 Å². The molecule has 1 heterocycles. The van der Waals surface area contributed by atoms with Crippen molar-refractivity contribution in [3.63, 3.8) is 0 Å². The van der Waals surface area contributed by atoms with Crippen molar-refractivity contribution in [2.45, 2.75) is 25.7 Å². The zero-order chi connectivity index (χ0) is 19.6. The lowest BCUT2D eigenvalue weighted by molar-refractivity contribution is 0.102. The van der Waals surface area contributed by atoms with Crippen LogP contribution in [0.3, 0.4) is 0 Å². The highest BCUT2D eigenvalue weighted by Crippen LogP contribution is 2.21. The van der Waals surface area contributed by atoms with Gasteiger partial charge < -0.3 is 0 Å². The Kier molecular flexibility index (Phi) is 4.95. The molecule has 0 aliphatic heterocycles. The van der Waals surface area contributed by atoms with Crippen molar-refractivity contribution >= 4 is 27.6 Å². The van der Waals surface area contributed by atoms with E-state index in [1.807, 2.05) is 13.0 Å². The molecule has 3 aromatic rings. The first-order chi connectivity index (χ1) is 12.7. The highest BCUT2D eigenvalue weighted by Gasteiger charge is 2.18. The second-order valence-corrected chi connectivity index (χ2v) is 7.80. The van der Waals surface area contributed by atoms with Crippen LogP contribution in [0.1, 0.15) is 27.3 Å². The Morgan fingerprint density at radius 3 is 2.56 bits per heavy atom. The minimum absolute atomic E-state index is 0.152. The molecule has 27 heavy (non-hydrogen) atoms. The van der Waals surface area contributed by atoms with Gasteiger partial charge >= 0.3 is 0 Å². The molecule has 0 atom stereocenters. The van der Waals surface area contributed by atoms with E-state index >= 15 is 0 Å². The lowest BCUT2D eigenvalue weighted by atomic mass is 10.2. The first-order valence-corrected chi connectivity index (χ1v) is 9.63. The molecule has 3 N–H and O–H groups in total. The summed E-state index contributed by atoms with van der Waals surface area (Å²) < 4.78 is 27.9. The number of hydrogen-bond donors (Lipinski definition) is 3. The highest BCUT2D eigenvalue weighted by molar-refractivity contribution is 7.92. The average molecular weight is 385 g/mol. The van der Waals surface area contributed by atoms with E-state index in [2.05, 4.69) is 25.2 Å². The Hall–Kier alpha value is -3.20. The lowest BCUT2D eigenvalue weighted by Crippen LogP contribution is -2.16. The first-order valence-electron chi connectivity index (χ1n) is 8.15. The summed E-state index contributed by atoms with van der Waals surface area (Å²) in [5.74, 6) is 0.279. The van der Waals surface area contributed by atoms with E-state index in [4.69, 9.17) is 0 Å². The van der Waals surface area contributed by atoms with Crippen molar-refractivity contribution in [3.8, 4) is 0 Å². The fourth-order valence-corrected chi connectivity index (χ4v) is 3.88. The van der Waals surface area contributed by atoms with E-state index in [1.54, 1.807) is 44.2 Å². The average Bonchev–Trinajstić information content (AvgIpc) is 3.01. The third kappa shape index (κ3) is 4.32. The third-order valence-electron chi connectivity index (χ3n) is 3.83. The molecule has 0 fully saturated rings. The molecule has 8 nitrogen and oxygen atoms in total. The van der Waals surface area contributed by atoms with Crippen LogP contribution in [0.25, 0.3) is 0 Å². The minimum Gasteiger partial charge on any atom is -0.289 e. The van der Waals surface area contributed by atoms with Gasteiger partial charge in [-0.1, -0.05) is 18.2 Å². The maximum absolute atomic E-state index is 12.7. The van der Waals surface area contributed by atoms with E-state index in [0.29, 0.717) is 11.4 Å². The summed E-state index contributed by atoms with van der Waals surface area (Å²) in [6.07, 6.45) is 0. The highest BCUT2D eigenvalue weighted by atomic mass is 32.2. The molecule has 1 aromatic heterocycles. The van der Waals surface area contributed by atoms with E-state index in [0.717, 1.165) is 5.56 Å². The van der Waals surface area contributed by atoms with Crippen molar-refractivity contribution in [3.05, 3.63) is 65.0 Å². The van der Waals surface area contributed by atoms with Crippen LogP contribution in [0.4, 0.5) is 11.6 Å². The maximum Gasteiger partial charge on any atom is 0.262 e. The molecule has 140 valence electrons.